The molecule has 3 N–H and O–H groups in total. The highest BCUT2D eigenvalue weighted by atomic mass is 16.2. The van der Waals surface area contributed by atoms with Crippen LogP contribution in [0.3, 0.4) is 0 Å². The van der Waals surface area contributed by atoms with E-state index in [4.69, 9.17) is 5.73 Å². The maximum absolute atomic E-state index is 12.9. The van der Waals surface area contributed by atoms with Crippen LogP contribution in [-0.4, -0.2) is 36.6 Å². The largest absolute Gasteiger partial charge is 0.368 e. The van der Waals surface area contributed by atoms with Gasteiger partial charge in [-0.1, -0.05) is 35.5 Å². The molecule has 1 aromatic carbocycles. The van der Waals surface area contributed by atoms with Gasteiger partial charge in [-0.2, -0.15) is 5.10 Å². The normalized spacial score (nSPS) is 15.7. The van der Waals surface area contributed by atoms with Crippen molar-refractivity contribution in [1.29, 1.82) is 0 Å². The second-order valence-corrected chi connectivity index (χ2v) is 7.47. The molecule has 9 heteroatoms. The van der Waals surface area contributed by atoms with Crippen molar-refractivity contribution in [3.05, 3.63) is 65.2 Å². The lowest BCUT2D eigenvalue weighted by Gasteiger charge is -2.12. The van der Waals surface area contributed by atoms with Crippen LogP contribution in [0, 0.1) is 0 Å². The number of aryl methyl sites for hydroxylation is 1. The van der Waals surface area contributed by atoms with E-state index in [-0.39, 0.29) is 11.9 Å². The van der Waals surface area contributed by atoms with Crippen molar-refractivity contribution in [3.63, 3.8) is 0 Å². The van der Waals surface area contributed by atoms with E-state index in [0.717, 1.165) is 11.3 Å². The topological polar surface area (TPSA) is 121 Å². The zero-order chi connectivity index (χ0) is 20.6. The Kier molecular flexibility index (Phi) is 4.65. The van der Waals surface area contributed by atoms with Crippen molar-refractivity contribution in [1.82, 2.24) is 30.1 Å². The Morgan fingerprint density at radius 2 is 2.00 bits per heavy atom. The van der Waals surface area contributed by atoms with Crippen LogP contribution in [0.15, 0.2) is 42.7 Å². The van der Waals surface area contributed by atoms with Crippen LogP contribution in [0.5, 0.6) is 0 Å². The lowest BCUT2D eigenvalue weighted by Crippen LogP contribution is -2.34. The number of primary amides is 1. The second-order valence-electron chi connectivity index (χ2n) is 7.47. The highest BCUT2D eigenvalue weighted by Crippen LogP contribution is 2.42. The van der Waals surface area contributed by atoms with Gasteiger partial charge >= 0.3 is 0 Å². The Morgan fingerprint density at radius 3 is 2.66 bits per heavy atom. The minimum absolute atomic E-state index is 0.234. The molecule has 29 heavy (non-hydrogen) atoms. The predicted octanol–water partition coefficient (Wildman–Crippen LogP) is 1.07. The maximum Gasteiger partial charge on any atom is 0.255 e. The van der Waals surface area contributed by atoms with E-state index < -0.39 is 11.4 Å². The summed E-state index contributed by atoms with van der Waals surface area (Å²) in [7, 11) is 1.82. The fourth-order valence-corrected chi connectivity index (χ4v) is 3.39. The van der Waals surface area contributed by atoms with E-state index >= 15 is 0 Å². The van der Waals surface area contributed by atoms with Crippen LogP contribution in [0.2, 0.25) is 0 Å². The van der Waals surface area contributed by atoms with Gasteiger partial charge in [-0.25, -0.2) is 4.68 Å². The molecule has 1 unspecified atom stereocenters. The van der Waals surface area contributed by atoms with Crippen molar-refractivity contribution in [2.24, 2.45) is 12.8 Å². The number of carbonyl (C=O) groups excluding carboxylic acids is 2. The van der Waals surface area contributed by atoms with E-state index in [1.165, 1.54) is 4.68 Å². The zero-order valence-electron chi connectivity index (χ0n) is 16.4. The van der Waals surface area contributed by atoms with Crippen molar-refractivity contribution in [2.45, 2.75) is 37.8 Å². The molecule has 0 bridgehead atoms. The summed E-state index contributed by atoms with van der Waals surface area (Å²) in [6, 6.07) is 9.54. The molecule has 3 aromatic rings. The van der Waals surface area contributed by atoms with Crippen LogP contribution in [0.4, 0.5) is 0 Å². The summed E-state index contributed by atoms with van der Waals surface area (Å²) in [6.45, 7) is 1.82. The van der Waals surface area contributed by atoms with E-state index in [9.17, 15) is 9.59 Å². The Morgan fingerprint density at radius 1 is 1.28 bits per heavy atom. The lowest BCUT2D eigenvalue weighted by atomic mass is 10.1. The molecule has 2 heterocycles. The third-order valence-corrected chi connectivity index (χ3v) is 5.44. The first-order chi connectivity index (χ1) is 13.9. The van der Waals surface area contributed by atoms with Gasteiger partial charge < -0.3 is 11.1 Å². The zero-order valence-corrected chi connectivity index (χ0v) is 16.4. The maximum atomic E-state index is 12.9. The van der Waals surface area contributed by atoms with Crippen molar-refractivity contribution >= 4 is 11.8 Å². The summed E-state index contributed by atoms with van der Waals surface area (Å²) in [4.78, 5) is 24.6. The molecule has 2 amide bonds. The Hall–Kier alpha value is -3.49. The summed E-state index contributed by atoms with van der Waals surface area (Å²) in [5, 5.41) is 15.4. The summed E-state index contributed by atoms with van der Waals surface area (Å²) < 4.78 is 3.23. The standard InChI is InChI=1S/C20H23N7O2/c1-13(16-12-27(25-24-16)20(8-9-20)19(21)29)23-18(28)15-11-22-26(2)17(15)10-14-6-4-3-5-7-14/h3-7,11-13H,8-10H2,1-2H3,(H2,21,29)(H,23,28). The molecule has 1 fully saturated rings. The van der Waals surface area contributed by atoms with Gasteiger partial charge in [-0.15, -0.1) is 5.10 Å². The van der Waals surface area contributed by atoms with Gasteiger partial charge in [0.05, 0.1) is 29.7 Å². The molecule has 4 rings (SSSR count). The Bertz CT molecular complexity index is 1050. The summed E-state index contributed by atoms with van der Waals surface area (Å²) in [6.07, 6.45) is 5.17. The highest BCUT2D eigenvalue weighted by Gasteiger charge is 2.51. The number of carbonyl (C=O) groups is 2. The molecular weight excluding hydrogens is 370 g/mol. The smallest absolute Gasteiger partial charge is 0.255 e. The molecule has 0 spiro atoms. The molecule has 1 aliphatic rings. The average molecular weight is 393 g/mol. The number of nitrogens with one attached hydrogen (secondary N) is 1. The molecule has 9 nitrogen and oxygen atoms in total. The minimum Gasteiger partial charge on any atom is -0.368 e. The molecule has 0 saturated heterocycles. The van der Waals surface area contributed by atoms with E-state index in [1.807, 2.05) is 44.3 Å². The van der Waals surface area contributed by atoms with Crippen molar-refractivity contribution in [2.75, 3.05) is 0 Å². The van der Waals surface area contributed by atoms with Crippen LogP contribution in [0.1, 0.15) is 53.1 Å². The molecular formula is C20H23N7O2. The number of nitrogens with zero attached hydrogens (tertiary/aromatic N) is 5. The average Bonchev–Trinajstić information content (AvgIpc) is 3.23. The highest BCUT2D eigenvalue weighted by molar-refractivity contribution is 5.95. The Labute approximate surface area is 167 Å². The second kappa shape index (κ2) is 7.16. The van der Waals surface area contributed by atoms with Crippen LogP contribution >= 0.6 is 0 Å². The van der Waals surface area contributed by atoms with E-state index in [0.29, 0.717) is 30.5 Å². The third-order valence-electron chi connectivity index (χ3n) is 5.44. The molecule has 1 saturated carbocycles. The molecule has 2 aromatic heterocycles. The first-order valence-electron chi connectivity index (χ1n) is 9.49. The van der Waals surface area contributed by atoms with Gasteiger partial charge in [0.25, 0.3) is 5.91 Å². The fourth-order valence-electron chi connectivity index (χ4n) is 3.39. The van der Waals surface area contributed by atoms with E-state index in [2.05, 4.69) is 20.7 Å². The minimum atomic E-state index is -0.763. The van der Waals surface area contributed by atoms with Gasteiger partial charge in [-0.3, -0.25) is 14.3 Å². The summed E-state index contributed by atoms with van der Waals surface area (Å²) in [5.41, 5.74) is 7.74. The van der Waals surface area contributed by atoms with Crippen molar-refractivity contribution in [3.8, 4) is 0 Å². The number of benzene rings is 1. The van der Waals surface area contributed by atoms with Crippen LogP contribution in [0.25, 0.3) is 0 Å². The first-order valence-corrected chi connectivity index (χ1v) is 9.49. The van der Waals surface area contributed by atoms with Gasteiger partial charge in [0.1, 0.15) is 11.2 Å². The van der Waals surface area contributed by atoms with Crippen LogP contribution in [-0.2, 0) is 23.8 Å². The summed E-state index contributed by atoms with van der Waals surface area (Å²) >= 11 is 0. The first kappa shape index (κ1) is 18.9. The number of amides is 2. The third kappa shape index (κ3) is 3.51. The van der Waals surface area contributed by atoms with Gasteiger partial charge in [0.2, 0.25) is 5.91 Å². The number of rotatable bonds is 7. The lowest BCUT2D eigenvalue weighted by molar-refractivity contribution is -0.122. The monoisotopic (exact) mass is 393 g/mol. The molecule has 0 aliphatic heterocycles. The molecule has 150 valence electrons. The molecule has 1 atom stereocenters. The van der Waals surface area contributed by atoms with Gasteiger partial charge in [0, 0.05) is 13.5 Å². The van der Waals surface area contributed by atoms with Gasteiger partial charge in [0.15, 0.2) is 0 Å². The molecule has 0 radical (unpaired) electrons. The van der Waals surface area contributed by atoms with Gasteiger partial charge in [-0.05, 0) is 25.3 Å². The molecule has 1 aliphatic carbocycles. The number of aromatic nitrogens is 5. The number of hydrogen-bond acceptors (Lipinski definition) is 5. The van der Waals surface area contributed by atoms with Crippen LogP contribution < -0.4 is 11.1 Å². The number of nitrogens with two attached hydrogens (primary N) is 1. The fraction of sp³-hybridized carbons (Fsp3) is 0.350. The SMILES string of the molecule is CC(NC(=O)c1cnn(C)c1Cc1ccccc1)c1cn(C2(C(N)=O)CC2)nn1. The summed E-state index contributed by atoms with van der Waals surface area (Å²) in [5.74, 6) is -0.645. The number of hydrogen-bond donors (Lipinski definition) is 2. The van der Waals surface area contributed by atoms with E-state index in [1.54, 1.807) is 17.1 Å². The Balaban J connectivity index is 1.49. The predicted molar refractivity (Wildman–Crippen MR) is 105 cm³/mol. The van der Waals surface area contributed by atoms with Crippen molar-refractivity contribution < 1.29 is 9.59 Å². The quantitative estimate of drug-likeness (QED) is 0.622.